The van der Waals surface area contributed by atoms with Crippen LogP contribution in [0.4, 0.5) is 0 Å². The van der Waals surface area contributed by atoms with Gasteiger partial charge in [-0.15, -0.1) is 0 Å². The Morgan fingerprint density at radius 3 is 2.31 bits per heavy atom. The molecule has 1 heterocycles. The van der Waals surface area contributed by atoms with E-state index in [1.54, 1.807) is 0 Å². The van der Waals surface area contributed by atoms with Crippen LogP contribution in [0, 0.1) is 11.3 Å². The van der Waals surface area contributed by atoms with Gasteiger partial charge in [0.15, 0.2) is 5.69 Å². The first kappa shape index (κ1) is 11.5. The maximum atomic E-state index is 9.19. The summed E-state index contributed by atoms with van der Waals surface area (Å²) >= 11 is 0. The van der Waals surface area contributed by atoms with Crippen LogP contribution >= 0.6 is 0 Å². The fourth-order valence-corrected chi connectivity index (χ4v) is 0.357. The molecular formula is C6H7N3O3S. The Morgan fingerprint density at radius 2 is 2.08 bits per heavy atom. The highest BCUT2D eigenvalue weighted by atomic mass is 32.2. The summed E-state index contributed by atoms with van der Waals surface area (Å²) in [5, 5.41) is 8.19. The number of nitriles is 1. The van der Waals surface area contributed by atoms with E-state index in [4.69, 9.17) is 9.81 Å². The molecule has 1 N–H and O–H groups in total. The Bertz CT molecular complexity index is 373. The van der Waals surface area contributed by atoms with Gasteiger partial charge in [-0.25, -0.2) is 4.98 Å². The van der Waals surface area contributed by atoms with E-state index in [0.29, 0.717) is 11.9 Å². The highest BCUT2D eigenvalue weighted by Gasteiger charge is 1.82. The predicted octanol–water partition coefficient (Wildman–Crippen LogP) is -0.148. The Labute approximate surface area is 75.6 Å². The lowest BCUT2D eigenvalue weighted by Crippen LogP contribution is -1.88. The van der Waals surface area contributed by atoms with Gasteiger partial charge in [-0.05, 0) is 0 Å². The van der Waals surface area contributed by atoms with Crippen molar-refractivity contribution in [2.75, 3.05) is 6.26 Å². The van der Waals surface area contributed by atoms with Crippen LogP contribution in [0.15, 0.2) is 18.6 Å². The van der Waals surface area contributed by atoms with Crippen molar-refractivity contribution in [3.05, 3.63) is 24.3 Å². The van der Waals surface area contributed by atoms with Crippen molar-refractivity contribution in [2.45, 2.75) is 0 Å². The average Bonchev–Trinajstić information content (AvgIpc) is 2.03. The molecule has 13 heavy (non-hydrogen) atoms. The zero-order valence-corrected chi connectivity index (χ0v) is 7.56. The van der Waals surface area contributed by atoms with Crippen LogP contribution in [0.25, 0.3) is 0 Å². The van der Waals surface area contributed by atoms with Gasteiger partial charge in [0.2, 0.25) is 0 Å². The lowest BCUT2D eigenvalue weighted by atomic mass is 10.5. The zero-order chi connectivity index (χ0) is 10.3. The molecule has 0 saturated heterocycles. The summed E-state index contributed by atoms with van der Waals surface area (Å²) in [5.74, 6) is 0. The van der Waals surface area contributed by atoms with Crippen LogP contribution in [0.3, 0.4) is 0 Å². The summed E-state index contributed by atoms with van der Waals surface area (Å²) < 4.78 is 25.9. The van der Waals surface area contributed by atoms with Gasteiger partial charge in [0.25, 0.3) is 10.1 Å². The van der Waals surface area contributed by atoms with Gasteiger partial charge in [0, 0.05) is 12.4 Å². The van der Waals surface area contributed by atoms with E-state index in [-0.39, 0.29) is 0 Å². The van der Waals surface area contributed by atoms with Crippen molar-refractivity contribution in [2.24, 2.45) is 0 Å². The molecule has 0 fully saturated rings. The third-order valence-electron chi connectivity index (χ3n) is 0.678. The number of hydrogen-bond donors (Lipinski definition) is 1. The van der Waals surface area contributed by atoms with Crippen LogP contribution in [0.2, 0.25) is 0 Å². The van der Waals surface area contributed by atoms with Crippen LogP contribution in [0.5, 0.6) is 0 Å². The molecule has 6 nitrogen and oxygen atoms in total. The first-order chi connectivity index (χ1) is 5.93. The molecule has 0 aromatic carbocycles. The Balaban J connectivity index is 0.000000252. The van der Waals surface area contributed by atoms with Crippen molar-refractivity contribution < 1.29 is 13.0 Å². The monoisotopic (exact) mass is 201 g/mol. The standard InChI is InChI=1S/C5H3N3.CH4O3S/c6-3-5-4-7-1-2-8-5;1-5(2,3)4/h1-2,4H;1H3,(H,2,3,4). The number of hydrogen-bond acceptors (Lipinski definition) is 5. The van der Waals surface area contributed by atoms with Crippen molar-refractivity contribution in [1.29, 1.82) is 5.26 Å². The Morgan fingerprint density at radius 1 is 1.54 bits per heavy atom. The molecule has 0 aliphatic carbocycles. The van der Waals surface area contributed by atoms with E-state index in [9.17, 15) is 8.42 Å². The lowest BCUT2D eigenvalue weighted by molar-refractivity contribution is 0.490. The molecule has 1 rings (SSSR count). The first-order valence-electron chi connectivity index (χ1n) is 3.02. The van der Waals surface area contributed by atoms with E-state index in [2.05, 4.69) is 9.97 Å². The smallest absolute Gasteiger partial charge is 0.261 e. The second-order valence-electron chi connectivity index (χ2n) is 1.94. The van der Waals surface area contributed by atoms with Crippen LogP contribution < -0.4 is 0 Å². The topological polar surface area (TPSA) is 104 Å². The third-order valence-corrected chi connectivity index (χ3v) is 0.678. The van der Waals surface area contributed by atoms with Crippen LogP contribution in [0.1, 0.15) is 5.69 Å². The lowest BCUT2D eigenvalue weighted by Gasteiger charge is -1.79. The van der Waals surface area contributed by atoms with Crippen LogP contribution in [-0.4, -0.2) is 29.2 Å². The molecular weight excluding hydrogens is 194 g/mol. The molecule has 1 aromatic heterocycles. The van der Waals surface area contributed by atoms with Gasteiger partial charge >= 0.3 is 0 Å². The minimum absolute atomic E-state index is 0.354. The third kappa shape index (κ3) is 10.5. The summed E-state index contributed by atoms with van der Waals surface area (Å²) in [6.45, 7) is 0. The molecule has 0 aliphatic rings. The Hall–Kier alpha value is -1.52. The maximum absolute atomic E-state index is 9.19. The fraction of sp³-hybridized carbons (Fsp3) is 0.167. The molecule has 0 radical (unpaired) electrons. The largest absolute Gasteiger partial charge is 0.286 e. The summed E-state index contributed by atoms with van der Waals surface area (Å²) in [5.41, 5.74) is 0.354. The second kappa shape index (κ2) is 5.18. The van der Waals surface area contributed by atoms with Crippen LogP contribution in [-0.2, 0) is 10.1 Å². The van der Waals surface area contributed by atoms with Gasteiger partial charge in [0.05, 0.1) is 12.5 Å². The van der Waals surface area contributed by atoms with Gasteiger partial charge in [0.1, 0.15) is 6.07 Å². The van der Waals surface area contributed by atoms with E-state index in [0.717, 1.165) is 0 Å². The van der Waals surface area contributed by atoms with Gasteiger partial charge in [-0.1, -0.05) is 0 Å². The van der Waals surface area contributed by atoms with Gasteiger partial charge in [-0.3, -0.25) is 9.54 Å². The number of rotatable bonds is 0. The second-order valence-corrected chi connectivity index (χ2v) is 3.40. The quantitative estimate of drug-likeness (QED) is 0.585. The normalized spacial score (nSPS) is 9.31. The average molecular weight is 201 g/mol. The van der Waals surface area contributed by atoms with Crippen molar-refractivity contribution in [1.82, 2.24) is 9.97 Å². The highest BCUT2D eigenvalue weighted by molar-refractivity contribution is 7.85. The van der Waals surface area contributed by atoms with E-state index in [1.807, 2.05) is 6.07 Å². The van der Waals surface area contributed by atoms with Gasteiger partial charge in [-0.2, -0.15) is 13.7 Å². The molecule has 7 heteroatoms. The number of aromatic nitrogens is 2. The molecule has 0 atom stereocenters. The predicted molar refractivity (Wildman–Crippen MR) is 44.2 cm³/mol. The first-order valence-corrected chi connectivity index (χ1v) is 4.87. The zero-order valence-electron chi connectivity index (χ0n) is 6.75. The fourth-order valence-electron chi connectivity index (χ4n) is 0.357. The molecule has 0 bridgehead atoms. The molecule has 70 valence electrons. The van der Waals surface area contributed by atoms with E-state index >= 15 is 0 Å². The minimum Gasteiger partial charge on any atom is -0.286 e. The summed E-state index contributed by atoms with van der Waals surface area (Å²) in [6, 6.07) is 1.85. The minimum atomic E-state index is -3.67. The molecule has 0 saturated carbocycles. The Kier molecular flexibility index (Phi) is 4.58. The van der Waals surface area contributed by atoms with Crippen molar-refractivity contribution >= 4 is 10.1 Å². The van der Waals surface area contributed by atoms with Crippen molar-refractivity contribution in [3.8, 4) is 6.07 Å². The molecule has 0 amide bonds. The highest BCUT2D eigenvalue weighted by Crippen LogP contribution is 1.82. The SMILES string of the molecule is CS(=O)(=O)O.N#Cc1cnccn1. The van der Waals surface area contributed by atoms with E-state index in [1.165, 1.54) is 18.6 Å². The maximum Gasteiger partial charge on any atom is 0.261 e. The number of nitrogens with zero attached hydrogens (tertiary/aromatic N) is 3. The molecule has 0 aliphatic heterocycles. The van der Waals surface area contributed by atoms with Crippen molar-refractivity contribution in [3.63, 3.8) is 0 Å². The van der Waals surface area contributed by atoms with Gasteiger partial charge < -0.3 is 0 Å². The van der Waals surface area contributed by atoms with E-state index < -0.39 is 10.1 Å². The molecule has 0 unspecified atom stereocenters. The molecule has 0 spiro atoms. The summed E-state index contributed by atoms with van der Waals surface area (Å²) in [6.07, 6.45) is 5.15. The summed E-state index contributed by atoms with van der Waals surface area (Å²) in [7, 11) is -3.67. The molecule has 1 aromatic rings. The summed E-state index contributed by atoms with van der Waals surface area (Å²) in [4.78, 5) is 7.34.